The first-order chi connectivity index (χ1) is 9.83. The molecule has 120 valence electrons. The van der Waals surface area contributed by atoms with Crippen molar-refractivity contribution >= 4 is 10.0 Å². The van der Waals surface area contributed by atoms with Gasteiger partial charge in [-0.05, 0) is 25.0 Å². The zero-order valence-electron chi connectivity index (χ0n) is 12.6. The van der Waals surface area contributed by atoms with Crippen LogP contribution in [0.15, 0.2) is 21.6 Å². The molecule has 0 atom stereocenters. The molecule has 1 fully saturated rings. The molecule has 1 aliphatic carbocycles. The lowest BCUT2D eigenvalue weighted by Gasteiger charge is -2.32. The van der Waals surface area contributed by atoms with Crippen molar-refractivity contribution in [2.45, 2.75) is 49.3 Å². The van der Waals surface area contributed by atoms with Crippen LogP contribution in [-0.4, -0.2) is 44.1 Å². The van der Waals surface area contributed by atoms with Gasteiger partial charge in [0.2, 0.25) is 5.09 Å². The topological polar surface area (TPSA) is 82.8 Å². The first kappa shape index (κ1) is 16.5. The van der Waals surface area contributed by atoms with Gasteiger partial charge in [0.25, 0.3) is 10.0 Å². The molecule has 0 unspecified atom stereocenters. The van der Waals surface area contributed by atoms with E-state index in [1.807, 2.05) is 0 Å². The van der Waals surface area contributed by atoms with Gasteiger partial charge in [-0.3, -0.25) is 0 Å². The van der Waals surface area contributed by atoms with Crippen molar-refractivity contribution in [2.75, 3.05) is 20.6 Å². The molecule has 0 spiro atoms. The van der Waals surface area contributed by atoms with Crippen molar-refractivity contribution in [3.63, 3.8) is 0 Å². The third-order valence-electron chi connectivity index (χ3n) is 3.91. The summed E-state index contributed by atoms with van der Waals surface area (Å²) < 4.78 is 30.3. The number of hydrogen-bond donors (Lipinski definition) is 2. The molecule has 1 aliphatic rings. The van der Waals surface area contributed by atoms with Crippen LogP contribution in [0.2, 0.25) is 0 Å². The zero-order valence-corrected chi connectivity index (χ0v) is 13.4. The Hall–Kier alpha value is -0.890. The lowest BCUT2D eigenvalue weighted by Crippen LogP contribution is -2.41. The van der Waals surface area contributed by atoms with Gasteiger partial charge in [0, 0.05) is 20.6 Å². The standard InChI is InChI=1S/C14H24N2O4S/c1-16(2)21(18,19)13-7-6-12(20-13)10-15-11-14(17)8-4-3-5-9-14/h6-7,15,17H,3-5,8-11H2,1-2H3. The van der Waals surface area contributed by atoms with E-state index in [1.165, 1.54) is 26.6 Å². The van der Waals surface area contributed by atoms with E-state index < -0.39 is 15.6 Å². The molecule has 7 heteroatoms. The number of furan rings is 1. The molecular weight excluding hydrogens is 292 g/mol. The van der Waals surface area contributed by atoms with Crippen LogP contribution in [0.1, 0.15) is 37.9 Å². The second kappa shape index (κ2) is 6.48. The predicted molar refractivity (Wildman–Crippen MR) is 79.3 cm³/mol. The Kier molecular flexibility index (Phi) is 5.08. The highest BCUT2D eigenvalue weighted by Crippen LogP contribution is 2.27. The van der Waals surface area contributed by atoms with Crippen molar-refractivity contribution in [2.24, 2.45) is 0 Å². The van der Waals surface area contributed by atoms with Crippen molar-refractivity contribution < 1.29 is 17.9 Å². The van der Waals surface area contributed by atoms with Crippen molar-refractivity contribution in [1.82, 2.24) is 9.62 Å². The summed E-state index contributed by atoms with van der Waals surface area (Å²) in [4.78, 5) is 0. The molecule has 2 N–H and O–H groups in total. The van der Waals surface area contributed by atoms with Gasteiger partial charge < -0.3 is 14.8 Å². The largest absolute Gasteiger partial charge is 0.447 e. The van der Waals surface area contributed by atoms with Crippen LogP contribution in [0.4, 0.5) is 0 Å². The van der Waals surface area contributed by atoms with Gasteiger partial charge in [0.05, 0.1) is 12.1 Å². The molecule has 0 bridgehead atoms. The van der Waals surface area contributed by atoms with Crippen molar-refractivity contribution in [3.8, 4) is 0 Å². The van der Waals surface area contributed by atoms with Gasteiger partial charge in [0.1, 0.15) is 5.76 Å². The van der Waals surface area contributed by atoms with E-state index in [1.54, 1.807) is 6.07 Å². The van der Waals surface area contributed by atoms with Gasteiger partial charge in [-0.25, -0.2) is 12.7 Å². The maximum Gasteiger partial charge on any atom is 0.275 e. The predicted octanol–water partition coefficient (Wildman–Crippen LogP) is 1.31. The van der Waals surface area contributed by atoms with Crippen LogP contribution >= 0.6 is 0 Å². The summed E-state index contributed by atoms with van der Waals surface area (Å²) in [6, 6.07) is 3.11. The minimum absolute atomic E-state index is 0.0549. The van der Waals surface area contributed by atoms with E-state index in [0.29, 0.717) is 18.8 Å². The molecule has 6 nitrogen and oxygen atoms in total. The Labute approximate surface area is 126 Å². The molecule has 0 aromatic carbocycles. The first-order valence-corrected chi connectivity index (χ1v) is 8.72. The van der Waals surface area contributed by atoms with E-state index in [2.05, 4.69) is 5.32 Å². The fraction of sp³-hybridized carbons (Fsp3) is 0.714. The van der Waals surface area contributed by atoms with Crippen LogP contribution in [0.3, 0.4) is 0 Å². The molecule has 1 aromatic rings. The Bertz CT molecular complexity index is 559. The highest BCUT2D eigenvalue weighted by Gasteiger charge is 2.28. The zero-order chi connectivity index (χ0) is 15.5. The molecule has 0 radical (unpaired) electrons. The highest BCUT2D eigenvalue weighted by molar-refractivity contribution is 7.88. The molecule has 0 saturated heterocycles. The summed E-state index contributed by atoms with van der Waals surface area (Å²) in [7, 11) is -0.591. The van der Waals surface area contributed by atoms with Gasteiger partial charge in [0.15, 0.2) is 0 Å². The SMILES string of the molecule is CN(C)S(=O)(=O)c1ccc(CNCC2(O)CCCCC2)o1. The molecule has 0 aliphatic heterocycles. The number of rotatable bonds is 6. The van der Waals surface area contributed by atoms with E-state index in [4.69, 9.17) is 4.42 Å². The number of sulfonamides is 1. The average Bonchev–Trinajstić information content (AvgIpc) is 2.88. The van der Waals surface area contributed by atoms with Crippen molar-refractivity contribution in [3.05, 3.63) is 17.9 Å². The van der Waals surface area contributed by atoms with E-state index in [9.17, 15) is 13.5 Å². The van der Waals surface area contributed by atoms with Gasteiger partial charge in [-0.15, -0.1) is 0 Å². The maximum absolute atomic E-state index is 11.9. The quantitative estimate of drug-likeness (QED) is 0.827. The van der Waals surface area contributed by atoms with Crippen molar-refractivity contribution in [1.29, 1.82) is 0 Å². The number of nitrogens with one attached hydrogen (secondary N) is 1. The minimum atomic E-state index is -3.52. The Morgan fingerprint density at radius 3 is 2.57 bits per heavy atom. The number of aliphatic hydroxyl groups is 1. The lowest BCUT2D eigenvalue weighted by molar-refractivity contribution is 0.00433. The van der Waals surface area contributed by atoms with Gasteiger partial charge in [-0.2, -0.15) is 0 Å². The van der Waals surface area contributed by atoms with E-state index in [-0.39, 0.29) is 5.09 Å². The molecular formula is C14H24N2O4S. The Balaban J connectivity index is 1.89. The van der Waals surface area contributed by atoms with Gasteiger partial charge in [-0.1, -0.05) is 19.3 Å². The Morgan fingerprint density at radius 2 is 1.95 bits per heavy atom. The molecule has 1 heterocycles. The number of hydrogen-bond acceptors (Lipinski definition) is 5. The first-order valence-electron chi connectivity index (χ1n) is 7.28. The van der Waals surface area contributed by atoms with E-state index in [0.717, 1.165) is 30.0 Å². The van der Waals surface area contributed by atoms with Crippen LogP contribution in [0.5, 0.6) is 0 Å². The summed E-state index contributed by atoms with van der Waals surface area (Å²) in [5, 5.41) is 13.5. The fourth-order valence-corrected chi connectivity index (χ4v) is 3.39. The third-order valence-corrected chi connectivity index (χ3v) is 5.60. The second-order valence-electron chi connectivity index (χ2n) is 5.90. The Morgan fingerprint density at radius 1 is 1.29 bits per heavy atom. The summed E-state index contributed by atoms with van der Waals surface area (Å²) in [6.45, 7) is 0.911. The summed E-state index contributed by atoms with van der Waals surface area (Å²) in [6.07, 6.45) is 4.94. The maximum atomic E-state index is 11.9. The van der Waals surface area contributed by atoms with Gasteiger partial charge >= 0.3 is 0 Å². The smallest absolute Gasteiger partial charge is 0.275 e. The van der Waals surface area contributed by atoms with E-state index >= 15 is 0 Å². The average molecular weight is 316 g/mol. The van der Waals surface area contributed by atoms with Crippen LogP contribution in [0, 0.1) is 0 Å². The van der Waals surface area contributed by atoms with Crippen LogP contribution < -0.4 is 5.32 Å². The van der Waals surface area contributed by atoms with Crippen LogP contribution in [-0.2, 0) is 16.6 Å². The minimum Gasteiger partial charge on any atom is -0.447 e. The summed E-state index contributed by atoms with van der Waals surface area (Å²) in [5.41, 5.74) is -0.636. The fourth-order valence-electron chi connectivity index (χ4n) is 2.58. The highest BCUT2D eigenvalue weighted by atomic mass is 32.2. The second-order valence-corrected chi connectivity index (χ2v) is 7.98. The third kappa shape index (κ3) is 4.06. The molecule has 1 saturated carbocycles. The van der Waals surface area contributed by atoms with Crippen LogP contribution in [0.25, 0.3) is 0 Å². The molecule has 21 heavy (non-hydrogen) atoms. The molecule has 0 amide bonds. The normalized spacial score (nSPS) is 19.0. The summed E-state index contributed by atoms with van der Waals surface area (Å²) in [5.74, 6) is 0.551. The molecule has 1 aromatic heterocycles. The summed E-state index contributed by atoms with van der Waals surface area (Å²) >= 11 is 0. The monoisotopic (exact) mass is 316 g/mol. The molecule has 2 rings (SSSR count). The number of nitrogens with zero attached hydrogens (tertiary/aromatic N) is 1. The lowest BCUT2D eigenvalue weighted by atomic mass is 9.85.